The minimum absolute atomic E-state index is 0.488. The van der Waals surface area contributed by atoms with E-state index in [0.717, 1.165) is 39.0 Å². The molecule has 5 nitrogen and oxygen atoms in total. The number of aromatic nitrogens is 3. The fourth-order valence-corrected chi connectivity index (χ4v) is 3.36. The number of para-hydroxylation sites is 1. The average molecular weight is 367 g/mol. The van der Waals surface area contributed by atoms with E-state index >= 15 is 0 Å². The molecule has 0 aliphatic rings. The second kappa shape index (κ2) is 6.70. The van der Waals surface area contributed by atoms with Gasteiger partial charge in [0.15, 0.2) is 0 Å². The second-order valence-electron chi connectivity index (χ2n) is 6.43. The van der Waals surface area contributed by atoms with Gasteiger partial charge >= 0.3 is 0 Å². The maximum Gasteiger partial charge on any atom is 0.250 e. The molecule has 28 heavy (non-hydrogen) atoms. The van der Waals surface area contributed by atoms with E-state index in [0.29, 0.717) is 11.8 Å². The Hall–Kier alpha value is -3.86. The number of rotatable bonds is 4. The van der Waals surface area contributed by atoms with E-state index in [1.165, 1.54) is 0 Å². The van der Waals surface area contributed by atoms with Gasteiger partial charge in [0.05, 0.1) is 18.4 Å². The van der Waals surface area contributed by atoms with E-state index in [9.17, 15) is 0 Å². The standard InChI is InChI=1S/C23H17N3O2/c1-27-17-13-11-15(12-14-17)21-20(18-9-5-6-10-19(18)24-21)23-26-25-22(28-23)16-7-3-2-4-8-16/h2-14,24H,1H3. The van der Waals surface area contributed by atoms with E-state index in [4.69, 9.17) is 9.15 Å². The summed E-state index contributed by atoms with van der Waals surface area (Å²) in [5, 5.41) is 9.64. The molecule has 2 aromatic heterocycles. The first-order valence-electron chi connectivity index (χ1n) is 8.98. The van der Waals surface area contributed by atoms with Crippen LogP contribution in [-0.2, 0) is 0 Å². The molecule has 0 fully saturated rings. The first-order valence-corrected chi connectivity index (χ1v) is 8.98. The molecule has 0 atom stereocenters. The van der Waals surface area contributed by atoms with Crippen LogP contribution in [0.3, 0.4) is 0 Å². The number of nitrogens with zero attached hydrogens (tertiary/aromatic N) is 2. The van der Waals surface area contributed by atoms with Gasteiger partial charge in [-0.2, -0.15) is 0 Å². The van der Waals surface area contributed by atoms with E-state index in [2.05, 4.69) is 21.2 Å². The summed E-state index contributed by atoms with van der Waals surface area (Å²) in [6.45, 7) is 0. The van der Waals surface area contributed by atoms with Crippen molar-refractivity contribution < 1.29 is 9.15 Å². The van der Waals surface area contributed by atoms with Gasteiger partial charge in [0.25, 0.3) is 5.89 Å². The van der Waals surface area contributed by atoms with Gasteiger partial charge in [-0.1, -0.05) is 36.4 Å². The molecule has 0 amide bonds. The Bertz CT molecular complexity index is 1240. The van der Waals surface area contributed by atoms with Crippen molar-refractivity contribution in [1.29, 1.82) is 0 Å². The van der Waals surface area contributed by atoms with E-state index < -0.39 is 0 Å². The Kier molecular flexibility index (Phi) is 3.91. The van der Waals surface area contributed by atoms with Crippen LogP contribution in [0.5, 0.6) is 5.75 Å². The molecule has 0 aliphatic heterocycles. The van der Waals surface area contributed by atoms with Crippen LogP contribution in [0.1, 0.15) is 0 Å². The molecule has 0 bridgehead atoms. The second-order valence-corrected chi connectivity index (χ2v) is 6.43. The molecule has 2 heterocycles. The molecule has 5 aromatic rings. The molecule has 3 aromatic carbocycles. The normalized spacial score (nSPS) is 11.0. The minimum atomic E-state index is 0.488. The molecule has 0 saturated carbocycles. The predicted molar refractivity (Wildman–Crippen MR) is 109 cm³/mol. The number of H-pyrrole nitrogens is 1. The van der Waals surface area contributed by atoms with Crippen molar-refractivity contribution in [1.82, 2.24) is 15.2 Å². The number of hydrogen-bond acceptors (Lipinski definition) is 4. The number of aromatic amines is 1. The zero-order chi connectivity index (χ0) is 18.9. The molecule has 1 N–H and O–H groups in total. The van der Waals surface area contributed by atoms with Gasteiger partial charge in [0.1, 0.15) is 5.75 Å². The summed E-state index contributed by atoms with van der Waals surface area (Å²) < 4.78 is 11.3. The van der Waals surface area contributed by atoms with Crippen LogP contribution >= 0.6 is 0 Å². The summed E-state index contributed by atoms with van der Waals surface area (Å²) in [5.74, 6) is 1.80. The van der Waals surface area contributed by atoms with Crippen molar-refractivity contribution in [3.63, 3.8) is 0 Å². The Balaban J connectivity index is 1.69. The van der Waals surface area contributed by atoms with E-state index in [1.807, 2.05) is 72.8 Å². The largest absolute Gasteiger partial charge is 0.497 e. The van der Waals surface area contributed by atoms with Gasteiger partial charge in [-0.25, -0.2) is 0 Å². The molecule has 5 rings (SSSR count). The maximum atomic E-state index is 6.06. The number of hydrogen-bond donors (Lipinski definition) is 1. The quantitative estimate of drug-likeness (QED) is 0.452. The van der Waals surface area contributed by atoms with Gasteiger partial charge in [0.2, 0.25) is 5.89 Å². The maximum absolute atomic E-state index is 6.06. The van der Waals surface area contributed by atoms with Crippen molar-refractivity contribution in [2.24, 2.45) is 0 Å². The predicted octanol–water partition coefficient (Wildman–Crippen LogP) is 5.56. The highest BCUT2D eigenvalue weighted by Gasteiger charge is 2.20. The number of benzene rings is 3. The first-order chi connectivity index (χ1) is 13.8. The van der Waals surface area contributed by atoms with Crippen LogP contribution in [0.25, 0.3) is 45.1 Å². The highest BCUT2D eigenvalue weighted by Crippen LogP contribution is 2.38. The molecule has 0 unspecified atom stereocenters. The van der Waals surface area contributed by atoms with Crippen molar-refractivity contribution >= 4 is 10.9 Å². The summed E-state index contributed by atoms with van der Waals surface area (Å²) in [6.07, 6.45) is 0. The zero-order valence-corrected chi connectivity index (χ0v) is 15.2. The lowest BCUT2D eigenvalue weighted by Gasteiger charge is -2.04. The molecule has 5 heteroatoms. The number of nitrogens with one attached hydrogen (secondary N) is 1. The van der Waals surface area contributed by atoms with Gasteiger partial charge in [-0.15, -0.1) is 10.2 Å². The molecule has 0 aliphatic carbocycles. The highest BCUT2D eigenvalue weighted by atomic mass is 16.5. The lowest BCUT2D eigenvalue weighted by Crippen LogP contribution is -1.85. The van der Waals surface area contributed by atoms with Crippen LogP contribution in [0.4, 0.5) is 0 Å². The Morgan fingerprint density at radius 1 is 0.750 bits per heavy atom. The summed E-state index contributed by atoms with van der Waals surface area (Å²) in [6, 6.07) is 25.8. The fraction of sp³-hybridized carbons (Fsp3) is 0.0435. The molecule has 0 spiro atoms. The third kappa shape index (κ3) is 2.74. The van der Waals surface area contributed by atoms with Crippen molar-refractivity contribution in [2.75, 3.05) is 7.11 Å². The molecule has 0 saturated heterocycles. The lowest BCUT2D eigenvalue weighted by molar-refractivity contribution is 0.415. The Morgan fingerprint density at radius 2 is 1.46 bits per heavy atom. The monoisotopic (exact) mass is 367 g/mol. The van der Waals surface area contributed by atoms with Crippen LogP contribution in [0.15, 0.2) is 83.3 Å². The first kappa shape index (κ1) is 16.3. The molecular weight excluding hydrogens is 350 g/mol. The summed E-state index contributed by atoms with van der Waals surface area (Å²) >= 11 is 0. The van der Waals surface area contributed by atoms with E-state index in [-0.39, 0.29) is 0 Å². The summed E-state index contributed by atoms with van der Waals surface area (Å²) in [5.41, 5.74) is 4.77. The van der Waals surface area contributed by atoms with Crippen LogP contribution in [0.2, 0.25) is 0 Å². The van der Waals surface area contributed by atoms with Crippen LogP contribution < -0.4 is 4.74 Å². The highest BCUT2D eigenvalue weighted by molar-refractivity contribution is 6.01. The zero-order valence-electron chi connectivity index (χ0n) is 15.2. The van der Waals surface area contributed by atoms with Gasteiger partial charge in [-0.3, -0.25) is 0 Å². The van der Waals surface area contributed by atoms with E-state index in [1.54, 1.807) is 7.11 Å². The molecular formula is C23H17N3O2. The van der Waals surface area contributed by atoms with Gasteiger partial charge in [-0.05, 0) is 48.0 Å². The van der Waals surface area contributed by atoms with Crippen LogP contribution in [-0.4, -0.2) is 22.3 Å². The van der Waals surface area contributed by atoms with Crippen LogP contribution in [0, 0.1) is 0 Å². The molecule has 0 radical (unpaired) electrons. The number of ether oxygens (including phenoxy) is 1. The summed E-state index contributed by atoms with van der Waals surface area (Å²) in [7, 11) is 1.66. The van der Waals surface area contributed by atoms with Gasteiger partial charge in [0, 0.05) is 16.5 Å². The Labute approximate surface area is 161 Å². The van der Waals surface area contributed by atoms with Crippen molar-refractivity contribution in [3.05, 3.63) is 78.9 Å². The fourth-order valence-electron chi connectivity index (χ4n) is 3.36. The third-order valence-electron chi connectivity index (χ3n) is 4.74. The minimum Gasteiger partial charge on any atom is -0.497 e. The SMILES string of the molecule is COc1ccc(-c2[nH]c3ccccc3c2-c2nnc(-c3ccccc3)o2)cc1. The molecule has 136 valence electrons. The van der Waals surface area contributed by atoms with Gasteiger partial charge < -0.3 is 14.1 Å². The van der Waals surface area contributed by atoms with Crippen molar-refractivity contribution in [3.8, 4) is 39.9 Å². The van der Waals surface area contributed by atoms with Crippen molar-refractivity contribution in [2.45, 2.75) is 0 Å². The average Bonchev–Trinajstić information content (AvgIpc) is 3.39. The smallest absolute Gasteiger partial charge is 0.250 e. The lowest BCUT2D eigenvalue weighted by atomic mass is 10.1. The summed E-state index contributed by atoms with van der Waals surface area (Å²) in [4.78, 5) is 3.50. The topological polar surface area (TPSA) is 63.9 Å². The third-order valence-corrected chi connectivity index (χ3v) is 4.74. The number of fused-ring (bicyclic) bond motifs is 1. The number of methoxy groups -OCH3 is 1. The Morgan fingerprint density at radius 3 is 2.25 bits per heavy atom.